The van der Waals surface area contributed by atoms with Crippen LogP contribution in [-0.4, -0.2) is 15.2 Å². The minimum Gasteiger partial charge on any atom is -0.258 e. The Morgan fingerprint density at radius 2 is 2.00 bits per heavy atom. The largest absolute Gasteiger partial charge is 0.258 e. The van der Waals surface area contributed by atoms with Crippen LogP contribution in [0.5, 0.6) is 0 Å². The molecule has 0 aliphatic carbocycles. The van der Waals surface area contributed by atoms with Gasteiger partial charge in [-0.15, -0.1) is 11.3 Å². The van der Waals surface area contributed by atoms with Crippen LogP contribution >= 0.6 is 22.9 Å². The number of aromatic amines is 1. The van der Waals surface area contributed by atoms with Crippen LogP contribution in [0.4, 0.5) is 0 Å². The molecule has 0 spiro atoms. The molecule has 18 heavy (non-hydrogen) atoms. The Bertz CT molecular complexity index is 673. The number of thiophene rings is 1. The Morgan fingerprint density at radius 3 is 2.67 bits per heavy atom. The number of nitrogens with zero attached hydrogens (tertiary/aromatic N) is 2. The molecule has 0 fully saturated rings. The summed E-state index contributed by atoms with van der Waals surface area (Å²) in [5, 5.41) is 9.93. The predicted molar refractivity (Wildman–Crippen MR) is 74.9 cm³/mol. The molecule has 90 valence electrons. The maximum atomic E-state index is 6.22. The summed E-state index contributed by atoms with van der Waals surface area (Å²) in [7, 11) is 0. The number of aromatic nitrogens is 3. The Kier molecular flexibility index (Phi) is 2.89. The van der Waals surface area contributed by atoms with Crippen molar-refractivity contribution in [2.45, 2.75) is 6.92 Å². The maximum Gasteiger partial charge on any atom is 0.181 e. The van der Waals surface area contributed by atoms with Gasteiger partial charge in [-0.2, -0.15) is 5.10 Å². The van der Waals surface area contributed by atoms with Crippen LogP contribution < -0.4 is 0 Å². The molecule has 0 bridgehead atoms. The monoisotopic (exact) mass is 275 g/mol. The third-order valence-corrected chi connectivity index (χ3v) is 4.34. The van der Waals surface area contributed by atoms with Gasteiger partial charge in [0, 0.05) is 5.56 Å². The van der Waals surface area contributed by atoms with Crippen molar-refractivity contribution >= 4 is 22.9 Å². The van der Waals surface area contributed by atoms with E-state index in [2.05, 4.69) is 15.2 Å². The number of halogens is 1. The zero-order valence-electron chi connectivity index (χ0n) is 9.64. The number of H-pyrrole nitrogens is 1. The summed E-state index contributed by atoms with van der Waals surface area (Å²) in [5.41, 5.74) is 2.05. The zero-order chi connectivity index (χ0) is 12.5. The van der Waals surface area contributed by atoms with Gasteiger partial charge in [0.25, 0.3) is 0 Å². The van der Waals surface area contributed by atoms with Crippen LogP contribution in [0.3, 0.4) is 0 Å². The fourth-order valence-electron chi connectivity index (χ4n) is 1.67. The summed E-state index contributed by atoms with van der Waals surface area (Å²) in [6.45, 7) is 1.98. The maximum absolute atomic E-state index is 6.22. The minimum atomic E-state index is 0.688. The fraction of sp³-hybridized carbons (Fsp3) is 0.0769. The van der Waals surface area contributed by atoms with Crippen molar-refractivity contribution in [3.8, 4) is 22.1 Å². The molecular weight excluding hydrogens is 266 g/mol. The van der Waals surface area contributed by atoms with Crippen molar-refractivity contribution in [1.82, 2.24) is 15.2 Å². The van der Waals surface area contributed by atoms with E-state index >= 15 is 0 Å². The molecule has 1 aromatic carbocycles. The van der Waals surface area contributed by atoms with E-state index in [9.17, 15) is 0 Å². The molecule has 0 radical (unpaired) electrons. The van der Waals surface area contributed by atoms with Crippen LogP contribution in [0.2, 0.25) is 5.02 Å². The van der Waals surface area contributed by atoms with E-state index in [1.165, 1.54) is 0 Å². The van der Waals surface area contributed by atoms with Crippen LogP contribution in [-0.2, 0) is 0 Å². The van der Waals surface area contributed by atoms with Gasteiger partial charge in [-0.1, -0.05) is 41.9 Å². The molecule has 0 saturated heterocycles. The third-order valence-electron chi connectivity index (χ3n) is 2.63. The summed E-state index contributed by atoms with van der Waals surface area (Å²) < 4.78 is 0. The van der Waals surface area contributed by atoms with E-state index in [0.717, 1.165) is 26.9 Å². The second-order valence-electron chi connectivity index (χ2n) is 3.94. The summed E-state index contributed by atoms with van der Waals surface area (Å²) in [4.78, 5) is 5.42. The topological polar surface area (TPSA) is 41.6 Å². The summed E-state index contributed by atoms with van der Waals surface area (Å²) in [6.07, 6.45) is 0. The summed E-state index contributed by atoms with van der Waals surface area (Å²) in [6, 6.07) is 9.86. The van der Waals surface area contributed by atoms with Crippen molar-refractivity contribution in [2.75, 3.05) is 0 Å². The molecular formula is C13H10ClN3S. The first-order valence-electron chi connectivity index (χ1n) is 5.47. The van der Waals surface area contributed by atoms with Gasteiger partial charge in [-0.25, -0.2) is 4.98 Å². The molecule has 3 aromatic rings. The quantitative estimate of drug-likeness (QED) is 0.763. The lowest BCUT2D eigenvalue weighted by Crippen LogP contribution is -1.79. The first-order valence-corrected chi connectivity index (χ1v) is 6.73. The molecule has 0 amide bonds. The Labute approximate surface area is 113 Å². The molecule has 3 rings (SSSR count). The van der Waals surface area contributed by atoms with Crippen molar-refractivity contribution in [3.63, 3.8) is 0 Å². The van der Waals surface area contributed by atoms with E-state index in [4.69, 9.17) is 11.6 Å². The highest BCUT2D eigenvalue weighted by atomic mass is 35.5. The van der Waals surface area contributed by atoms with Crippen molar-refractivity contribution in [3.05, 3.63) is 46.3 Å². The Morgan fingerprint density at radius 1 is 1.22 bits per heavy atom. The second kappa shape index (κ2) is 4.55. The van der Waals surface area contributed by atoms with Gasteiger partial charge in [0.2, 0.25) is 0 Å². The number of hydrogen-bond acceptors (Lipinski definition) is 3. The SMILES string of the molecule is Cc1csc(-c2nc(-c3ccccc3)n[nH]2)c1Cl. The fourth-order valence-corrected chi connectivity index (χ4v) is 2.89. The van der Waals surface area contributed by atoms with Gasteiger partial charge in [-0.05, 0) is 17.9 Å². The van der Waals surface area contributed by atoms with Crippen LogP contribution in [0.25, 0.3) is 22.1 Å². The average Bonchev–Trinajstić information content (AvgIpc) is 3.00. The van der Waals surface area contributed by atoms with Crippen molar-refractivity contribution < 1.29 is 0 Å². The summed E-state index contributed by atoms with van der Waals surface area (Å²) in [5.74, 6) is 1.41. The Balaban J connectivity index is 2.02. The zero-order valence-corrected chi connectivity index (χ0v) is 11.2. The number of aryl methyl sites for hydroxylation is 1. The lowest BCUT2D eigenvalue weighted by atomic mass is 10.2. The molecule has 0 saturated carbocycles. The van der Waals surface area contributed by atoms with Gasteiger partial charge in [-0.3, -0.25) is 5.10 Å². The smallest absolute Gasteiger partial charge is 0.181 e. The van der Waals surface area contributed by atoms with Crippen molar-refractivity contribution in [2.24, 2.45) is 0 Å². The van der Waals surface area contributed by atoms with Crippen LogP contribution in [0.1, 0.15) is 5.56 Å². The standard InChI is InChI=1S/C13H10ClN3S/c1-8-7-18-11(10(8)14)13-15-12(16-17-13)9-5-3-2-4-6-9/h2-7H,1H3,(H,15,16,17). The van der Waals surface area contributed by atoms with Crippen LogP contribution in [0.15, 0.2) is 35.7 Å². The van der Waals surface area contributed by atoms with E-state index in [-0.39, 0.29) is 0 Å². The molecule has 1 N–H and O–H groups in total. The molecule has 2 heterocycles. The molecule has 2 aromatic heterocycles. The first-order chi connectivity index (χ1) is 8.75. The Hall–Kier alpha value is -1.65. The van der Waals surface area contributed by atoms with Gasteiger partial charge < -0.3 is 0 Å². The number of benzene rings is 1. The minimum absolute atomic E-state index is 0.688. The normalized spacial score (nSPS) is 10.8. The lowest BCUT2D eigenvalue weighted by molar-refractivity contribution is 1.10. The number of rotatable bonds is 2. The number of nitrogens with one attached hydrogen (secondary N) is 1. The summed E-state index contributed by atoms with van der Waals surface area (Å²) >= 11 is 7.79. The van der Waals surface area contributed by atoms with E-state index in [1.54, 1.807) is 11.3 Å². The molecule has 0 aliphatic rings. The molecule has 3 nitrogen and oxygen atoms in total. The van der Waals surface area contributed by atoms with Gasteiger partial charge >= 0.3 is 0 Å². The molecule has 5 heteroatoms. The first kappa shape index (κ1) is 11.4. The van der Waals surface area contributed by atoms with Crippen LogP contribution in [0, 0.1) is 6.92 Å². The van der Waals surface area contributed by atoms with Gasteiger partial charge in [0.1, 0.15) is 0 Å². The lowest BCUT2D eigenvalue weighted by Gasteiger charge is -1.93. The van der Waals surface area contributed by atoms with E-state index in [1.807, 2.05) is 42.6 Å². The second-order valence-corrected chi connectivity index (χ2v) is 5.19. The average molecular weight is 276 g/mol. The van der Waals surface area contributed by atoms with Gasteiger partial charge in [0.05, 0.1) is 9.90 Å². The highest BCUT2D eigenvalue weighted by molar-refractivity contribution is 7.14. The molecule has 0 atom stereocenters. The third kappa shape index (κ3) is 1.94. The molecule has 0 aliphatic heterocycles. The van der Waals surface area contributed by atoms with Gasteiger partial charge in [0.15, 0.2) is 11.6 Å². The highest BCUT2D eigenvalue weighted by Gasteiger charge is 2.13. The molecule has 0 unspecified atom stereocenters. The predicted octanol–water partition coefficient (Wildman–Crippen LogP) is 4.16. The van der Waals surface area contributed by atoms with E-state index < -0.39 is 0 Å². The number of hydrogen-bond donors (Lipinski definition) is 1. The van der Waals surface area contributed by atoms with Crippen molar-refractivity contribution in [1.29, 1.82) is 0 Å². The highest BCUT2D eigenvalue weighted by Crippen LogP contribution is 2.34. The van der Waals surface area contributed by atoms with E-state index in [0.29, 0.717) is 5.82 Å².